The molecule has 0 atom stereocenters. The number of nitrogens with zero attached hydrogens (tertiary/aromatic N) is 2. The summed E-state index contributed by atoms with van der Waals surface area (Å²) >= 11 is 0. The lowest BCUT2D eigenvalue weighted by atomic mass is 10.1. The quantitative estimate of drug-likeness (QED) is 0.341. The van der Waals surface area contributed by atoms with Gasteiger partial charge >= 0.3 is 5.69 Å². The van der Waals surface area contributed by atoms with E-state index < -0.39 is 16.3 Å². The average Bonchev–Trinajstić information content (AvgIpc) is 2.26. The molecule has 0 aliphatic carbocycles. The zero-order valence-electron chi connectivity index (χ0n) is 8.35. The van der Waals surface area contributed by atoms with Gasteiger partial charge in [-0.3, -0.25) is 15.5 Å². The molecular weight excluding hydrogens is 212 g/mol. The molecular formula is C9H8N4O3. The van der Waals surface area contributed by atoms with E-state index in [1.54, 1.807) is 6.07 Å². The van der Waals surface area contributed by atoms with Crippen LogP contribution in [0.3, 0.4) is 0 Å². The molecule has 0 aliphatic rings. The SMILES string of the molecule is COc1ccc(C(=N)C#N)c(N)c1[N+](=O)[O-]. The molecule has 1 rings (SSSR count). The number of methoxy groups -OCH3 is 1. The summed E-state index contributed by atoms with van der Waals surface area (Å²) in [6.45, 7) is 0. The van der Waals surface area contributed by atoms with Gasteiger partial charge in [-0.15, -0.1) is 0 Å². The highest BCUT2D eigenvalue weighted by molar-refractivity contribution is 6.13. The number of ether oxygens (including phenoxy) is 1. The summed E-state index contributed by atoms with van der Waals surface area (Å²) in [6, 6.07) is 4.21. The number of rotatable bonds is 3. The number of nitro groups is 1. The van der Waals surface area contributed by atoms with Gasteiger partial charge in [0.2, 0.25) is 0 Å². The highest BCUT2D eigenvalue weighted by Crippen LogP contribution is 2.35. The second-order valence-corrected chi connectivity index (χ2v) is 2.82. The Hall–Kier alpha value is -2.62. The van der Waals surface area contributed by atoms with Crippen molar-refractivity contribution in [3.63, 3.8) is 0 Å². The normalized spacial score (nSPS) is 9.25. The molecule has 0 fully saturated rings. The Labute approximate surface area is 90.7 Å². The largest absolute Gasteiger partial charge is 0.490 e. The van der Waals surface area contributed by atoms with Gasteiger partial charge in [-0.25, -0.2) is 0 Å². The number of nitrogens with one attached hydrogen (secondary N) is 1. The van der Waals surface area contributed by atoms with Crippen LogP contribution in [0.15, 0.2) is 12.1 Å². The van der Waals surface area contributed by atoms with Crippen LogP contribution in [-0.4, -0.2) is 17.7 Å². The maximum atomic E-state index is 10.8. The topological polar surface area (TPSA) is 126 Å². The Bertz CT molecular complexity index is 504. The summed E-state index contributed by atoms with van der Waals surface area (Å²) in [5.74, 6) is -0.00279. The maximum Gasteiger partial charge on any atom is 0.334 e. The van der Waals surface area contributed by atoms with Crippen molar-refractivity contribution < 1.29 is 9.66 Å². The summed E-state index contributed by atoms with van der Waals surface area (Å²) in [4.78, 5) is 10.1. The highest BCUT2D eigenvalue weighted by Gasteiger charge is 2.23. The van der Waals surface area contributed by atoms with Gasteiger partial charge in [0.05, 0.1) is 12.0 Å². The molecule has 0 heterocycles. The molecule has 16 heavy (non-hydrogen) atoms. The van der Waals surface area contributed by atoms with Crippen LogP contribution in [0.4, 0.5) is 11.4 Å². The maximum absolute atomic E-state index is 10.8. The summed E-state index contributed by atoms with van der Waals surface area (Å²) in [6.07, 6.45) is 0. The Morgan fingerprint density at radius 3 is 2.75 bits per heavy atom. The van der Waals surface area contributed by atoms with E-state index in [0.717, 1.165) is 0 Å². The molecule has 1 aromatic rings. The van der Waals surface area contributed by atoms with Crippen molar-refractivity contribution >= 4 is 17.1 Å². The van der Waals surface area contributed by atoms with E-state index in [1.807, 2.05) is 0 Å². The fourth-order valence-electron chi connectivity index (χ4n) is 1.22. The van der Waals surface area contributed by atoms with Gasteiger partial charge < -0.3 is 10.5 Å². The van der Waals surface area contributed by atoms with E-state index in [4.69, 9.17) is 21.1 Å². The first kappa shape index (κ1) is 11.5. The molecule has 0 amide bonds. The molecule has 82 valence electrons. The number of benzene rings is 1. The minimum absolute atomic E-state index is 0.00279. The summed E-state index contributed by atoms with van der Waals surface area (Å²) in [5.41, 5.74) is 4.45. The van der Waals surface area contributed by atoms with Gasteiger partial charge in [0.25, 0.3) is 0 Å². The fraction of sp³-hybridized carbons (Fsp3) is 0.111. The molecule has 0 unspecified atom stereocenters. The Balaban J connectivity index is 3.51. The van der Waals surface area contributed by atoms with E-state index in [0.29, 0.717) is 0 Å². The number of hydrogen-bond donors (Lipinski definition) is 2. The predicted molar refractivity (Wildman–Crippen MR) is 56.5 cm³/mol. The lowest BCUT2D eigenvalue weighted by Gasteiger charge is -2.06. The van der Waals surface area contributed by atoms with Gasteiger partial charge in [-0.1, -0.05) is 0 Å². The molecule has 0 radical (unpaired) electrons. The third-order valence-electron chi connectivity index (χ3n) is 1.96. The zero-order valence-corrected chi connectivity index (χ0v) is 8.35. The third-order valence-corrected chi connectivity index (χ3v) is 1.96. The van der Waals surface area contributed by atoms with Crippen molar-refractivity contribution in [1.82, 2.24) is 0 Å². The van der Waals surface area contributed by atoms with Crippen molar-refractivity contribution in [2.45, 2.75) is 0 Å². The first-order valence-corrected chi connectivity index (χ1v) is 4.12. The Morgan fingerprint density at radius 1 is 1.69 bits per heavy atom. The highest BCUT2D eigenvalue weighted by atomic mass is 16.6. The minimum Gasteiger partial charge on any atom is -0.490 e. The van der Waals surface area contributed by atoms with Crippen molar-refractivity contribution in [2.24, 2.45) is 0 Å². The van der Waals surface area contributed by atoms with Gasteiger partial charge in [0, 0.05) is 5.56 Å². The molecule has 0 bridgehead atoms. The second kappa shape index (κ2) is 4.27. The van der Waals surface area contributed by atoms with E-state index in [-0.39, 0.29) is 17.0 Å². The van der Waals surface area contributed by atoms with Crippen LogP contribution in [0.2, 0.25) is 0 Å². The molecule has 0 aromatic heterocycles. The van der Waals surface area contributed by atoms with E-state index >= 15 is 0 Å². The average molecular weight is 220 g/mol. The Morgan fingerprint density at radius 2 is 2.31 bits per heavy atom. The van der Waals surface area contributed by atoms with E-state index in [2.05, 4.69) is 0 Å². The number of nitriles is 1. The van der Waals surface area contributed by atoms with E-state index in [1.165, 1.54) is 19.2 Å². The van der Waals surface area contributed by atoms with Crippen LogP contribution in [0.5, 0.6) is 5.75 Å². The monoisotopic (exact) mass is 220 g/mol. The fourth-order valence-corrected chi connectivity index (χ4v) is 1.22. The van der Waals surface area contributed by atoms with Crippen molar-refractivity contribution in [3.05, 3.63) is 27.8 Å². The number of hydrogen-bond acceptors (Lipinski definition) is 6. The molecule has 0 spiro atoms. The number of nitrogen functional groups attached to an aromatic ring is 1. The lowest BCUT2D eigenvalue weighted by Crippen LogP contribution is -2.06. The summed E-state index contributed by atoms with van der Waals surface area (Å²) in [7, 11) is 1.27. The van der Waals surface area contributed by atoms with Crippen molar-refractivity contribution in [3.8, 4) is 11.8 Å². The van der Waals surface area contributed by atoms with Crippen molar-refractivity contribution in [1.29, 1.82) is 10.7 Å². The lowest BCUT2D eigenvalue weighted by molar-refractivity contribution is -0.384. The van der Waals surface area contributed by atoms with Crippen LogP contribution >= 0.6 is 0 Å². The molecule has 7 heteroatoms. The summed E-state index contributed by atoms with van der Waals surface area (Å²) in [5, 5.41) is 26.6. The number of anilines is 1. The van der Waals surface area contributed by atoms with Gasteiger partial charge in [-0.05, 0) is 12.1 Å². The summed E-state index contributed by atoms with van der Waals surface area (Å²) < 4.78 is 4.78. The number of nitrogens with two attached hydrogens (primary N) is 1. The predicted octanol–water partition coefficient (Wildman–Crippen LogP) is 1.08. The smallest absolute Gasteiger partial charge is 0.334 e. The molecule has 1 aromatic carbocycles. The van der Waals surface area contributed by atoms with Gasteiger partial charge in [0.15, 0.2) is 5.75 Å². The van der Waals surface area contributed by atoms with Crippen molar-refractivity contribution in [2.75, 3.05) is 12.8 Å². The second-order valence-electron chi connectivity index (χ2n) is 2.82. The zero-order chi connectivity index (χ0) is 12.3. The van der Waals surface area contributed by atoms with Crippen LogP contribution < -0.4 is 10.5 Å². The molecule has 0 saturated heterocycles. The first-order valence-electron chi connectivity index (χ1n) is 4.12. The molecule has 0 saturated carbocycles. The van der Waals surface area contributed by atoms with Crippen LogP contribution in [0.25, 0.3) is 0 Å². The van der Waals surface area contributed by atoms with Crippen LogP contribution in [0.1, 0.15) is 5.56 Å². The standard InChI is InChI=1S/C9H8N4O3/c1-16-7-3-2-5(6(11)4-10)8(12)9(7)13(14)15/h2-3,11H,12H2,1H3. The molecule has 0 aliphatic heterocycles. The van der Waals surface area contributed by atoms with Crippen LogP contribution in [0, 0.1) is 26.9 Å². The van der Waals surface area contributed by atoms with Crippen LogP contribution in [-0.2, 0) is 0 Å². The molecule has 7 nitrogen and oxygen atoms in total. The minimum atomic E-state index is -0.706. The van der Waals surface area contributed by atoms with E-state index in [9.17, 15) is 10.1 Å². The number of nitro benzene ring substituents is 1. The Kier molecular flexibility index (Phi) is 3.06. The van der Waals surface area contributed by atoms with Gasteiger partial charge in [0.1, 0.15) is 17.5 Å². The van der Waals surface area contributed by atoms with Gasteiger partial charge in [-0.2, -0.15) is 5.26 Å². The third kappa shape index (κ3) is 1.76. The molecule has 3 N–H and O–H groups in total. The first-order chi connectivity index (χ1) is 7.52.